The molecule has 3 heterocycles. The van der Waals surface area contributed by atoms with E-state index in [2.05, 4.69) is 15.0 Å². The Morgan fingerprint density at radius 2 is 2.22 bits per heavy atom. The Kier molecular flexibility index (Phi) is 3.83. The van der Waals surface area contributed by atoms with Crippen LogP contribution in [0.2, 0.25) is 5.15 Å². The number of carbonyl (C=O) groups excluding carboxylic acids is 1. The Morgan fingerprint density at radius 3 is 2.96 bits per heavy atom. The third-order valence-corrected chi connectivity index (χ3v) is 6.52. The van der Waals surface area contributed by atoms with Crippen molar-refractivity contribution in [2.24, 2.45) is 11.3 Å². The summed E-state index contributed by atoms with van der Waals surface area (Å²) < 4.78 is 20.3. The number of carbonyl (C=O) groups is 1. The summed E-state index contributed by atoms with van der Waals surface area (Å²) in [4.78, 5) is 25.9. The maximum Gasteiger partial charge on any atom is 0.315 e. The van der Waals surface area contributed by atoms with E-state index in [0.29, 0.717) is 33.2 Å². The van der Waals surface area contributed by atoms with Crippen molar-refractivity contribution >= 4 is 51.3 Å². The lowest BCUT2D eigenvalue weighted by Crippen LogP contribution is -2.36. The standard InChI is InChI=1S/C17H18ClIN4O4/c1-4-25-14(24)17-5-7(17)9(10-11(17)27-16(2,3)26-10)23-6-20-8-12(18)21-15(19)22-13(8)23/h6-7,9-11H,4-5H2,1-3H3/t7-,9-,10+,11+,17+/m1/s1. The molecule has 1 aliphatic heterocycles. The van der Waals surface area contributed by atoms with Gasteiger partial charge in [-0.1, -0.05) is 11.6 Å². The van der Waals surface area contributed by atoms with Crippen LogP contribution in [-0.2, 0) is 19.0 Å². The molecule has 2 aliphatic carbocycles. The lowest BCUT2D eigenvalue weighted by Gasteiger charge is -2.24. The Morgan fingerprint density at radius 1 is 1.44 bits per heavy atom. The van der Waals surface area contributed by atoms with E-state index >= 15 is 0 Å². The van der Waals surface area contributed by atoms with Crippen molar-refractivity contribution in [1.82, 2.24) is 19.5 Å². The molecule has 0 N–H and O–H groups in total. The molecule has 144 valence electrons. The molecule has 1 saturated heterocycles. The summed E-state index contributed by atoms with van der Waals surface area (Å²) in [5.74, 6) is -0.926. The van der Waals surface area contributed by atoms with Gasteiger partial charge in [0.05, 0.1) is 19.0 Å². The lowest BCUT2D eigenvalue weighted by molar-refractivity contribution is -0.172. The van der Waals surface area contributed by atoms with Crippen LogP contribution in [0.25, 0.3) is 11.2 Å². The molecule has 0 radical (unpaired) electrons. The van der Waals surface area contributed by atoms with Gasteiger partial charge in [0, 0.05) is 28.5 Å². The van der Waals surface area contributed by atoms with Gasteiger partial charge in [0.1, 0.15) is 23.1 Å². The molecule has 0 amide bonds. The topological polar surface area (TPSA) is 88.4 Å². The van der Waals surface area contributed by atoms with E-state index in [1.165, 1.54) is 0 Å². The van der Waals surface area contributed by atoms with E-state index < -0.39 is 11.2 Å². The minimum Gasteiger partial charge on any atom is -0.465 e. The van der Waals surface area contributed by atoms with Gasteiger partial charge in [0.25, 0.3) is 0 Å². The number of imidazole rings is 1. The largest absolute Gasteiger partial charge is 0.465 e. The first-order chi connectivity index (χ1) is 12.8. The number of esters is 1. The minimum absolute atomic E-state index is 0.0476. The van der Waals surface area contributed by atoms with Crippen LogP contribution >= 0.6 is 34.2 Å². The summed E-state index contributed by atoms with van der Waals surface area (Å²) in [6.45, 7) is 5.89. The third kappa shape index (κ3) is 2.41. The zero-order valence-electron chi connectivity index (χ0n) is 15.0. The molecule has 3 aliphatic rings. The lowest BCUT2D eigenvalue weighted by atomic mass is 9.99. The van der Waals surface area contributed by atoms with E-state index in [1.54, 1.807) is 6.33 Å². The second-order valence-electron chi connectivity index (χ2n) is 7.69. The quantitative estimate of drug-likeness (QED) is 0.275. The van der Waals surface area contributed by atoms with E-state index in [-0.39, 0.29) is 30.1 Å². The summed E-state index contributed by atoms with van der Waals surface area (Å²) in [6.07, 6.45) is 1.77. The molecule has 2 aromatic heterocycles. The van der Waals surface area contributed by atoms with Crippen LogP contribution in [0.4, 0.5) is 0 Å². The van der Waals surface area contributed by atoms with Gasteiger partial charge in [0.15, 0.2) is 20.4 Å². The van der Waals surface area contributed by atoms with Gasteiger partial charge in [-0.25, -0.2) is 15.0 Å². The van der Waals surface area contributed by atoms with Crippen molar-refractivity contribution < 1.29 is 19.0 Å². The summed E-state index contributed by atoms with van der Waals surface area (Å²) in [7, 11) is 0. The van der Waals surface area contributed by atoms with Crippen LogP contribution in [0.3, 0.4) is 0 Å². The van der Waals surface area contributed by atoms with Crippen molar-refractivity contribution in [3.05, 3.63) is 15.3 Å². The fraction of sp³-hybridized carbons (Fsp3) is 0.647. The van der Waals surface area contributed by atoms with Crippen LogP contribution in [0, 0.1) is 15.2 Å². The molecule has 3 fully saturated rings. The van der Waals surface area contributed by atoms with Crippen molar-refractivity contribution in [2.75, 3.05) is 6.61 Å². The smallest absolute Gasteiger partial charge is 0.315 e. The summed E-state index contributed by atoms with van der Waals surface area (Å²) in [6, 6.07) is -0.132. The molecular formula is C17H18ClIN4O4. The first kappa shape index (κ1) is 18.0. The van der Waals surface area contributed by atoms with Gasteiger partial charge >= 0.3 is 5.97 Å². The molecule has 2 saturated carbocycles. The van der Waals surface area contributed by atoms with E-state index in [9.17, 15) is 4.79 Å². The summed E-state index contributed by atoms with van der Waals surface area (Å²) >= 11 is 8.27. The molecule has 10 heteroatoms. The first-order valence-corrected chi connectivity index (χ1v) is 10.3. The summed E-state index contributed by atoms with van der Waals surface area (Å²) in [5.41, 5.74) is 0.517. The summed E-state index contributed by atoms with van der Waals surface area (Å²) in [5, 5.41) is 0.314. The highest BCUT2D eigenvalue weighted by Crippen LogP contribution is 2.72. The number of nitrogens with zero attached hydrogens (tertiary/aromatic N) is 4. The Bertz CT molecular complexity index is 966. The molecule has 0 aromatic carbocycles. The van der Waals surface area contributed by atoms with Crippen LogP contribution in [0.1, 0.15) is 33.2 Å². The molecule has 5 rings (SSSR count). The second kappa shape index (κ2) is 5.74. The maximum atomic E-state index is 12.8. The Hall–Kier alpha value is -1.04. The second-order valence-corrected chi connectivity index (χ2v) is 9.01. The Balaban J connectivity index is 1.63. The van der Waals surface area contributed by atoms with Crippen molar-refractivity contribution in [2.45, 2.75) is 51.2 Å². The zero-order chi connectivity index (χ0) is 19.1. The highest BCUT2D eigenvalue weighted by atomic mass is 127. The van der Waals surface area contributed by atoms with Crippen molar-refractivity contribution in [3.8, 4) is 0 Å². The molecule has 0 unspecified atom stereocenters. The van der Waals surface area contributed by atoms with Gasteiger partial charge < -0.3 is 18.8 Å². The molecular weight excluding hydrogens is 487 g/mol. The van der Waals surface area contributed by atoms with Gasteiger partial charge in [-0.05, 0) is 27.2 Å². The molecule has 5 atom stereocenters. The van der Waals surface area contributed by atoms with E-state index in [0.717, 1.165) is 0 Å². The zero-order valence-corrected chi connectivity index (χ0v) is 17.9. The van der Waals surface area contributed by atoms with Crippen LogP contribution in [0.5, 0.6) is 0 Å². The number of fused-ring (bicyclic) bond motifs is 4. The molecule has 0 bridgehead atoms. The van der Waals surface area contributed by atoms with Gasteiger partial charge in [-0.3, -0.25) is 4.79 Å². The predicted molar refractivity (Wildman–Crippen MR) is 103 cm³/mol. The normalized spacial score (nSPS) is 35.9. The number of halogens is 2. The van der Waals surface area contributed by atoms with E-state index in [4.69, 9.17) is 25.8 Å². The third-order valence-electron chi connectivity index (χ3n) is 5.77. The Labute approximate surface area is 174 Å². The van der Waals surface area contributed by atoms with Crippen LogP contribution in [-0.4, -0.2) is 50.1 Å². The van der Waals surface area contributed by atoms with Crippen molar-refractivity contribution in [3.63, 3.8) is 0 Å². The predicted octanol–water partition coefficient (Wildman–Crippen LogP) is 2.73. The molecule has 27 heavy (non-hydrogen) atoms. The SMILES string of the molecule is CCOC(=O)[C@@]12C[C@@H]1[C@@H](n1cnc3c(Cl)nc(I)nc31)[C@@H]1OC(C)(C)O[C@@H]12. The van der Waals surface area contributed by atoms with Crippen LogP contribution in [0.15, 0.2) is 6.33 Å². The molecule has 2 aromatic rings. The number of hydrogen-bond acceptors (Lipinski definition) is 7. The van der Waals surface area contributed by atoms with Gasteiger partial charge in [0.2, 0.25) is 0 Å². The first-order valence-electron chi connectivity index (χ1n) is 8.87. The fourth-order valence-corrected chi connectivity index (χ4v) is 5.59. The highest BCUT2D eigenvalue weighted by Gasteiger charge is 2.80. The fourth-order valence-electron chi connectivity index (χ4n) is 4.77. The maximum absolute atomic E-state index is 12.8. The molecule has 8 nitrogen and oxygen atoms in total. The number of aromatic nitrogens is 4. The highest BCUT2D eigenvalue weighted by molar-refractivity contribution is 14.1. The average molecular weight is 505 g/mol. The number of ether oxygens (including phenoxy) is 3. The van der Waals surface area contributed by atoms with Crippen LogP contribution < -0.4 is 0 Å². The van der Waals surface area contributed by atoms with Gasteiger partial charge in [-0.2, -0.15) is 0 Å². The van der Waals surface area contributed by atoms with Crippen molar-refractivity contribution in [1.29, 1.82) is 0 Å². The monoisotopic (exact) mass is 504 g/mol. The minimum atomic E-state index is -0.766. The average Bonchev–Trinajstić information content (AvgIpc) is 2.90. The van der Waals surface area contributed by atoms with E-state index in [1.807, 2.05) is 47.9 Å². The number of rotatable bonds is 3. The molecule has 0 spiro atoms. The van der Waals surface area contributed by atoms with Gasteiger partial charge in [-0.15, -0.1) is 0 Å². The number of hydrogen-bond donors (Lipinski definition) is 0.